The van der Waals surface area contributed by atoms with E-state index in [0.717, 1.165) is 28.9 Å². The second-order valence-corrected chi connectivity index (χ2v) is 8.01. The summed E-state index contributed by atoms with van der Waals surface area (Å²) < 4.78 is 15.8. The summed E-state index contributed by atoms with van der Waals surface area (Å²) in [6.07, 6.45) is 1.10. The Bertz CT molecular complexity index is 1020. The number of aryl methyl sites for hydroxylation is 1. The number of nitrogens with zero attached hydrogens (tertiary/aromatic N) is 3. The maximum absolute atomic E-state index is 13.1. The SMILES string of the molecule is O=C(CCCn1sc2ccccc2c1=O)N1CCN(c2ccc(F)cc2)CC1. The predicted octanol–water partition coefficient (Wildman–Crippen LogP) is 3.33. The van der Waals surface area contributed by atoms with E-state index in [1.165, 1.54) is 23.7 Å². The van der Waals surface area contributed by atoms with Gasteiger partial charge in [0.25, 0.3) is 5.56 Å². The van der Waals surface area contributed by atoms with Crippen LogP contribution in [0.1, 0.15) is 12.8 Å². The Labute approximate surface area is 166 Å². The Morgan fingerprint density at radius 3 is 2.43 bits per heavy atom. The van der Waals surface area contributed by atoms with E-state index < -0.39 is 0 Å². The fourth-order valence-corrected chi connectivity index (χ4v) is 4.59. The summed E-state index contributed by atoms with van der Waals surface area (Å²) in [5.74, 6) is -0.108. The lowest BCUT2D eigenvalue weighted by Crippen LogP contribution is -2.48. The zero-order valence-electron chi connectivity index (χ0n) is 15.5. The zero-order valence-corrected chi connectivity index (χ0v) is 16.3. The minimum absolute atomic E-state index is 0.0287. The molecule has 3 aromatic rings. The molecule has 0 unspecified atom stereocenters. The molecule has 0 bridgehead atoms. The number of carbonyl (C=O) groups is 1. The lowest BCUT2D eigenvalue weighted by atomic mass is 10.2. The van der Waals surface area contributed by atoms with Gasteiger partial charge in [0.05, 0.1) is 10.1 Å². The van der Waals surface area contributed by atoms with Crippen molar-refractivity contribution in [2.75, 3.05) is 31.1 Å². The molecule has 0 aliphatic carbocycles. The van der Waals surface area contributed by atoms with Crippen molar-refractivity contribution in [2.24, 2.45) is 0 Å². The van der Waals surface area contributed by atoms with Crippen LogP contribution in [0.15, 0.2) is 53.3 Å². The molecule has 1 amide bonds. The molecule has 0 spiro atoms. The minimum atomic E-state index is -0.240. The van der Waals surface area contributed by atoms with Gasteiger partial charge in [-0.05, 0) is 42.8 Å². The van der Waals surface area contributed by atoms with E-state index in [9.17, 15) is 14.0 Å². The Morgan fingerprint density at radius 2 is 1.71 bits per heavy atom. The molecule has 1 aliphatic rings. The third kappa shape index (κ3) is 3.94. The molecule has 1 aliphatic heterocycles. The maximum atomic E-state index is 13.1. The molecule has 1 aromatic heterocycles. The van der Waals surface area contributed by atoms with Crippen LogP contribution in [0, 0.1) is 5.82 Å². The van der Waals surface area contributed by atoms with Crippen LogP contribution in [0.4, 0.5) is 10.1 Å². The maximum Gasteiger partial charge on any atom is 0.268 e. The van der Waals surface area contributed by atoms with Crippen molar-refractivity contribution < 1.29 is 9.18 Å². The normalized spacial score (nSPS) is 14.6. The van der Waals surface area contributed by atoms with E-state index in [0.29, 0.717) is 32.5 Å². The van der Waals surface area contributed by atoms with Crippen molar-refractivity contribution in [1.82, 2.24) is 8.86 Å². The third-order valence-electron chi connectivity index (χ3n) is 5.13. The molecule has 0 atom stereocenters. The molecule has 4 rings (SSSR count). The fourth-order valence-electron chi connectivity index (χ4n) is 3.56. The van der Waals surface area contributed by atoms with E-state index in [2.05, 4.69) is 4.90 Å². The Kier molecular flexibility index (Phi) is 5.43. The smallest absolute Gasteiger partial charge is 0.268 e. The molecule has 7 heteroatoms. The monoisotopic (exact) mass is 399 g/mol. The van der Waals surface area contributed by atoms with Crippen LogP contribution < -0.4 is 10.5 Å². The lowest BCUT2D eigenvalue weighted by Gasteiger charge is -2.36. The summed E-state index contributed by atoms with van der Waals surface area (Å²) in [6, 6.07) is 14.1. The fraction of sp³-hybridized carbons (Fsp3) is 0.333. The van der Waals surface area contributed by atoms with E-state index in [4.69, 9.17) is 0 Å². The van der Waals surface area contributed by atoms with Crippen molar-refractivity contribution in [1.29, 1.82) is 0 Å². The van der Waals surface area contributed by atoms with Crippen LogP contribution in [0.3, 0.4) is 0 Å². The predicted molar refractivity (Wildman–Crippen MR) is 111 cm³/mol. The van der Waals surface area contributed by atoms with Gasteiger partial charge in [-0.1, -0.05) is 23.7 Å². The summed E-state index contributed by atoms with van der Waals surface area (Å²) in [5.41, 5.74) is 1.01. The Balaban J connectivity index is 1.27. The van der Waals surface area contributed by atoms with E-state index >= 15 is 0 Å². The first-order valence-corrected chi connectivity index (χ1v) is 10.3. The number of halogens is 1. The molecule has 1 saturated heterocycles. The second-order valence-electron chi connectivity index (χ2n) is 6.94. The molecule has 0 saturated carbocycles. The summed E-state index contributed by atoms with van der Waals surface area (Å²) in [5, 5.41) is 0.746. The quantitative estimate of drug-likeness (QED) is 0.661. The van der Waals surface area contributed by atoms with Crippen LogP contribution in [-0.4, -0.2) is 40.9 Å². The van der Waals surface area contributed by atoms with Crippen LogP contribution in [-0.2, 0) is 11.3 Å². The largest absolute Gasteiger partial charge is 0.368 e. The molecule has 5 nitrogen and oxygen atoms in total. The van der Waals surface area contributed by atoms with Gasteiger partial charge in [0.2, 0.25) is 5.91 Å². The molecule has 28 heavy (non-hydrogen) atoms. The Hall–Kier alpha value is -2.67. The first-order chi connectivity index (χ1) is 13.6. The van der Waals surface area contributed by atoms with Crippen molar-refractivity contribution in [2.45, 2.75) is 19.4 Å². The molecular formula is C21H22FN3O2S. The number of anilines is 1. The molecule has 2 heterocycles. The summed E-state index contributed by atoms with van der Waals surface area (Å²) >= 11 is 1.46. The van der Waals surface area contributed by atoms with Gasteiger partial charge in [0.1, 0.15) is 5.82 Å². The summed E-state index contributed by atoms with van der Waals surface area (Å²) in [7, 11) is 0. The van der Waals surface area contributed by atoms with Gasteiger partial charge in [-0.3, -0.25) is 13.5 Å². The van der Waals surface area contributed by atoms with Crippen LogP contribution >= 0.6 is 11.5 Å². The lowest BCUT2D eigenvalue weighted by molar-refractivity contribution is -0.131. The molecule has 1 fully saturated rings. The van der Waals surface area contributed by atoms with Gasteiger partial charge in [0.15, 0.2) is 0 Å². The molecule has 2 aromatic carbocycles. The number of aromatic nitrogens is 1. The van der Waals surface area contributed by atoms with Crippen molar-refractivity contribution in [3.05, 3.63) is 64.7 Å². The average Bonchev–Trinajstić information content (AvgIpc) is 3.05. The summed E-state index contributed by atoms with van der Waals surface area (Å²) in [6.45, 7) is 3.39. The summed E-state index contributed by atoms with van der Waals surface area (Å²) in [4.78, 5) is 28.9. The number of fused-ring (bicyclic) bond motifs is 1. The van der Waals surface area contributed by atoms with Crippen LogP contribution in [0.5, 0.6) is 0 Å². The van der Waals surface area contributed by atoms with Crippen molar-refractivity contribution >= 4 is 33.2 Å². The molecule has 0 radical (unpaired) electrons. The van der Waals surface area contributed by atoms with Gasteiger partial charge in [-0.2, -0.15) is 0 Å². The zero-order chi connectivity index (χ0) is 19.5. The highest BCUT2D eigenvalue weighted by Crippen LogP contribution is 2.18. The molecular weight excluding hydrogens is 377 g/mol. The number of amides is 1. The Morgan fingerprint density at radius 1 is 1.00 bits per heavy atom. The number of carbonyl (C=O) groups excluding carboxylic acids is 1. The van der Waals surface area contributed by atoms with Gasteiger partial charge < -0.3 is 9.80 Å². The topological polar surface area (TPSA) is 45.6 Å². The number of piperazine rings is 1. The third-order valence-corrected chi connectivity index (χ3v) is 6.25. The highest BCUT2D eigenvalue weighted by atomic mass is 32.1. The van der Waals surface area contributed by atoms with Gasteiger partial charge >= 0.3 is 0 Å². The van der Waals surface area contributed by atoms with E-state index in [1.54, 1.807) is 16.1 Å². The highest BCUT2D eigenvalue weighted by Gasteiger charge is 2.21. The van der Waals surface area contributed by atoms with Crippen molar-refractivity contribution in [3.63, 3.8) is 0 Å². The number of benzene rings is 2. The van der Waals surface area contributed by atoms with E-state index in [1.807, 2.05) is 29.2 Å². The van der Waals surface area contributed by atoms with Gasteiger partial charge in [-0.15, -0.1) is 0 Å². The molecule has 0 N–H and O–H groups in total. The van der Waals surface area contributed by atoms with Gasteiger partial charge in [0, 0.05) is 44.8 Å². The average molecular weight is 399 g/mol. The van der Waals surface area contributed by atoms with Gasteiger partial charge in [-0.25, -0.2) is 4.39 Å². The standard InChI is InChI=1S/C21H22FN3O2S/c22-16-7-9-17(10-8-16)23-12-14-24(15-13-23)20(26)6-3-11-25-21(27)18-4-1-2-5-19(18)28-25/h1-2,4-5,7-10H,3,6,11-15H2. The highest BCUT2D eigenvalue weighted by molar-refractivity contribution is 7.13. The first kappa shape index (κ1) is 18.7. The second kappa shape index (κ2) is 8.14. The van der Waals surface area contributed by atoms with Crippen molar-refractivity contribution in [3.8, 4) is 0 Å². The number of hydrogen-bond acceptors (Lipinski definition) is 4. The van der Waals surface area contributed by atoms with Crippen LogP contribution in [0.2, 0.25) is 0 Å². The van der Waals surface area contributed by atoms with Crippen LogP contribution in [0.25, 0.3) is 10.1 Å². The number of hydrogen-bond donors (Lipinski definition) is 0. The first-order valence-electron chi connectivity index (χ1n) is 9.49. The number of rotatable bonds is 5. The molecule has 146 valence electrons. The minimum Gasteiger partial charge on any atom is -0.368 e. The van der Waals surface area contributed by atoms with E-state index in [-0.39, 0.29) is 17.3 Å².